The van der Waals surface area contributed by atoms with Crippen molar-refractivity contribution in [2.24, 2.45) is 11.8 Å². The summed E-state index contributed by atoms with van der Waals surface area (Å²) >= 11 is 0. The second kappa shape index (κ2) is 2.84. The molecular formula is C11H16. The Morgan fingerprint density at radius 2 is 2.18 bits per heavy atom. The molecule has 0 bridgehead atoms. The van der Waals surface area contributed by atoms with Gasteiger partial charge in [0.25, 0.3) is 0 Å². The predicted molar refractivity (Wildman–Crippen MR) is 48.3 cm³/mol. The van der Waals surface area contributed by atoms with Crippen LogP contribution in [0.4, 0.5) is 0 Å². The summed E-state index contributed by atoms with van der Waals surface area (Å²) in [7, 11) is 0. The van der Waals surface area contributed by atoms with Crippen LogP contribution in [0.2, 0.25) is 0 Å². The molecule has 60 valence electrons. The Balaban J connectivity index is 2.21. The zero-order valence-electron chi connectivity index (χ0n) is 7.22. The molecule has 2 aliphatic rings. The van der Waals surface area contributed by atoms with Gasteiger partial charge in [0.1, 0.15) is 0 Å². The molecule has 0 N–H and O–H groups in total. The van der Waals surface area contributed by atoms with Crippen molar-refractivity contribution in [3.05, 3.63) is 23.8 Å². The van der Waals surface area contributed by atoms with Crippen LogP contribution in [-0.4, -0.2) is 0 Å². The van der Waals surface area contributed by atoms with Gasteiger partial charge in [0.05, 0.1) is 0 Å². The van der Waals surface area contributed by atoms with Crippen LogP contribution in [0.1, 0.15) is 32.6 Å². The van der Waals surface area contributed by atoms with E-state index in [2.05, 4.69) is 25.2 Å². The Bertz CT molecular complexity index is 198. The van der Waals surface area contributed by atoms with Gasteiger partial charge in [-0.25, -0.2) is 0 Å². The van der Waals surface area contributed by atoms with Crippen LogP contribution in [0, 0.1) is 11.8 Å². The molecule has 1 saturated carbocycles. The molecular weight excluding hydrogens is 132 g/mol. The lowest BCUT2D eigenvalue weighted by atomic mass is 9.95. The van der Waals surface area contributed by atoms with Crippen LogP contribution in [0.25, 0.3) is 0 Å². The van der Waals surface area contributed by atoms with Gasteiger partial charge in [0.15, 0.2) is 0 Å². The fourth-order valence-electron chi connectivity index (χ4n) is 2.37. The van der Waals surface area contributed by atoms with Crippen LogP contribution in [0.15, 0.2) is 23.8 Å². The minimum atomic E-state index is 0.864. The maximum atomic E-state index is 2.37. The van der Waals surface area contributed by atoms with E-state index < -0.39 is 0 Å². The van der Waals surface area contributed by atoms with Crippen LogP contribution in [0.3, 0.4) is 0 Å². The first kappa shape index (κ1) is 7.15. The quantitative estimate of drug-likeness (QED) is 0.494. The van der Waals surface area contributed by atoms with Gasteiger partial charge in [-0.1, -0.05) is 30.7 Å². The van der Waals surface area contributed by atoms with Gasteiger partial charge in [-0.15, -0.1) is 0 Å². The number of fused-ring (bicyclic) bond motifs is 1. The standard InChI is InChI=1S/C11H16/c1-9-7-8-10-5-3-2-4-6-11(9)10/h2,4,6,9-10H,3,5,7-8H2,1H3. The molecule has 0 saturated heterocycles. The second-order valence-corrected chi connectivity index (χ2v) is 3.85. The van der Waals surface area contributed by atoms with Gasteiger partial charge >= 0.3 is 0 Å². The Morgan fingerprint density at radius 1 is 1.27 bits per heavy atom. The summed E-state index contributed by atoms with van der Waals surface area (Å²) in [4.78, 5) is 0. The first-order valence-electron chi connectivity index (χ1n) is 4.74. The number of allylic oxidation sites excluding steroid dienone is 4. The van der Waals surface area contributed by atoms with Crippen molar-refractivity contribution in [2.45, 2.75) is 32.6 Å². The van der Waals surface area contributed by atoms with Crippen LogP contribution >= 0.6 is 0 Å². The normalized spacial score (nSPS) is 36.3. The van der Waals surface area contributed by atoms with Crippen molar-refractivity contribution < 1.29 is 0 Å². The van der Waals surface area contributed by atoms with Crippen molar-refractivity contribution >= 4 is 0 Å². The van der Waals surface area contributed by atoms with Gasteiger partial charge < -0.3 is 0 Å². The zero-order valence-corrected chi connectivity index (χ0v) is 7.22. The first-order chi connectivity index (χ1) is 5.38. The Kier molecular flexibility index (Phi) is 1.85. The molecule has 2 atom stereocenters. The average molecular weight is 148 g/mol. The smallest absolute Gasteiger partial charge is 0.0194 e. The molecule has 2 aliphatic carbocycles. The summed E-state index contributed by atoms with van der Waals surface area (Å²) in [6, 6.07) is 0. The Hall–Kier alpha value is -0.520. The second-order valence-electron chi connectivity index (χ2n) is 3.85. The van der Waals surface area contributed by atoms with Crippen molar-refractivity contribution in [3.8, 4) is 0 Å². The van der Waals surface area contributed by atoms with E-state index in [4.69, 9.17) is 0 Å². The fraction of sp³-hybridized carbons (Fsp3) is 0.636. The summed E-state index contributed by atoms with van der Waals surface area (Å²) in [5, 5.41) is 0. The van der Waals surface area contributed by atoms with Crippen LogP contribution in [0.5, 0.6) is 0 Å². The zero-order chi connectivity index (χ0) is 7.68. The molecule has 2 unspecified atom stereocenters. The van der Waals surface area contributed by atoms with E-state index in [1.807, 2.05) is 0 Å². The molecule has 0 aromatic carbocycles. The lowest BCUT2D eigenvalue weighted by molar-refractivity contribution is 0.582. The van der Waals surface area contributed by atoms with Crippen molar-refractivity contribution in [3.63, 3.8) is 0 Å². The molecule has 0 radical (unpaired) electrons. The summed E-state index contributed by atoms with van der Waals surface area (Å²) in [6.45, 7) is 2.37. The van der Waals surface area contributed by atoms with E-state index in [0.29, 0.717) is 0 Å². The molecule has 11 heavy (non-hydrogen) atoms. The van der Waals surface area contributed by atoms with Crippen LogP contribution < -0.4 is 0 Å². The average Bonchev–Trinajstić information content (AvgIpc) is 2.25. The molecule has 0 aromatic rings. The third kappa shape index (κ3) is 1.26. The van der Waals surface area contributed by atoms with Gasteiger partial charge in [-0.2, -0.15) is 0 Å². The number of hydrogen-bond acceptors (Lipinski definition) is 0. The molecule has 0 heteroatoms. The lowest BCUT2D eigenvalue weighted by Gasteiger charge is -2.10. The van der Waals surface area contributed by atoms with Crippen LogP contribution in [-0.2, 0) is 0 Å². The highest BCUT2D eigenvalue weighted by Gasteiger charge is 2.26. The summed E-state index contributed by atoms with van der Waals surface area (Å²) in [5.74, 6) is 1.79. The van der Waals surface area contributed by atoms with E-state index in [1.165, 1.54) is 25.7 Å². The van der Waals surface area contributed by atoms with E-state index in [9.17, 15) is 0 Å². The summed E-state index contributed by atoms with van der Waals surface area (Å²) in [6.07, 6.45) is 12.5. The molecule has 0 amide bonds. The van der Waals surface area contributed by atoms with E-state index in [0.717, 1.165) is 11.8 Å². The molecule has 0 spiro atoms. The largest absolute Gasteiger partial charge is 0.0845 e. The molecule has 0 aliphatic heterocycles. The molecule has 0 nitrogen and oxygen atoms in total. The topological polar surface area (TPSA) is 0 Å². The van der Waals surface area contributed by atoms with Crippen molar-refractivity contribution in [2.75, 3.05) is 0 Å². The van der Waals surface area contributed by atoms with Gasteiger partial charge in [-0.3, -0.25) is 0 Å². The third-order valence-electron chi connectivity index (χ3n) is 3.10. The monoisotopic (exact) mass is 148 g/mol. The minimum Gasteiger partial charge on any atom is -0.0845 e. The van der Waals surface area contributed by atoms with Gasteiger partial charge in [-0.05, 0) is 37.5 Å². The van der Waals surface area contributed by atoms with E-state index in [1.54, 1.807) is 5.57 Å². The third-order valence-corrected chi connectivity index (χ3v) is 3.10. The maximum absolute atomic E-state index is 2.37. The minimum absolute atomic E-state index is 0.864. The highest BCUT2D eigenvalue weighted by Crippen LogP contribution is 2.39. The SMILES string of the molecule is CC1CCC2CCC=CC=C12. The van der Waals surface area contributed by atoms with Gasteiger partial charge in [0.2, 0.25) is 0 Å². The lowest BCUT2D eigenvalue weighted by Crippen LogP contribution is -1.97. The van der Waals surface area contributed by atoms with E-state index in [-0.39, 0.29) is 0 Å². The summed E-state index contributed by atoms with van der Waals surface area (Å²) < 4.78 is 0. The fourth-order valence-corrected chi connectivity index (χ4v) is 2.37. The summed E-state index contributed by atoms with van der Waals surface area (Å²) in [5.41, 5.74) is 1.72. The Morgan fingerprint density at radius 3 is 3.09 bits per heavy atom. The predicted octanol–water partition coefficient (Wildman–Crippen LogP) is 3.31. The van der Waals surface area contributed by atoms with E-state index >= 15 is 0 Å². The van der Waals surface area contributed by atoms with Crippen molar-refractivity contribution in [1.82, 2.24) is 0 Å². The number of rotatable bonds is 0. The number of hydrogen-bond donors (Lipinski definition) is 0. The molecule has 0 heterocycles. The first-order valence-corrected chi connectivity index (χ1v) is 4.74. The molecule has 1 fully saturated rings. The maximum Gasteiger partial charge on any atom is -0.0194 e. The molecule has 0 aromatic heterocycles. The Labute approximate surface area is 69.0 Å². The highest BCUT2D eigenvalue weighted by molar-refractivity contribution is 5.22. The van der Waals surface area contributed by atoms with Crippen molar-refractivity contribution in [1.29, 1.82) is 0 Å². The van der Waals surface area contributed by atoms with Gasteiger partial charge in [0, 0.05) is 0 Å². The highest BCUT2D eigenvalue weighted by atomic mass is 14.3. The molecule has 2 rings (SSSR count).